The van der Waals surface area contributed by atoms with Crippen molar-refractivity contribution in [3.8, 4) is 0 Å². The van der Waals surface area contributed by atoms with Crippen molar-refractivity contribution in [1.29, 1.82) is 0 Å². The molecule has 2 rings (SSSR count). The Morgan fingerprint density at radius 3 is 2.62 bits per heavy atom. The maximum absolute atomic E-state index is 10.1. The summed E-state index contributed by atoms with van der Waals surface area (Å²) in [6, 6.07) is 10.3. The van der Waals surface area contributed by atoms with E-state index in [0.717, 1.165) is 25.5 Å². The molecule has 1 heterocycles. The SMILES string of the molecule is CC(CC=O)CCCC(C)(C)O.c1ccc2[nH]ccc2c1. The van der Waals surface area contributed by atoms with Gasteiger partial charge in [0.05, 0.1) is 5.60 Å². The summed E-state index contributed by atoms with van der Waals surface area (Å²) in [5, 5.41) is 10.7. The first kappa shape index (κ1) is 17.4. The zero-order valence-electron chi connectivity index (χ0n) is 13.3. The van der Waals surface area contributed by atoms with Gasteiger partial charge in [-0.05, 0) is 43.7 Å². The monoisotopic (exact) mass is 289 g/mol. The number of fused-ring (bicyclic) bond motifs is 1. The minimum Gasteiger partial charge on any atom is -0.390 e. The molecule has 0 aliphatic carbocycles. The summed E-state index contributed by atoms with van der Waals surface area (Å²) < 4.78 is 0. The molecule has 0 amide bonds. The summed E-state index contributed by atoms with van der Waals surface area (Å²) in [5.74, 6) is 0.463. The number of carbonyl (C=O) groups is 1. The van der Waals surface area contributed by atoms with Crippen LogP contribution in [-0.4, -0.2) is 22.0 Å². The third-order valence-electron chi connectivity index (χ3n) is 3.45. The van der Waals surface area contributed by atoms with Crippen molar-refractivity contribution in [2.75, 3.05) is 0 Å². The molecule has 3 nitrogen and oxygen atoms in total. The molecule has 0 saturated heterocycles. The predicted molar refractivity (Wildman–Crippen MR) is 88.3 cm³/mol. The van der Waals surface area contributed by atoms with Crippen LogP contribution in [0.5, 0.6) is 0 Å². The van der Waals surface area contributed by atoms with Gasteiger partial charge in [-0.1, -0.05) is 38.0 Å². The first-order chi connectivity index (χ1) is 9.92. The summed E-state index contributed by atoms with van der Waals surface area (Å²) in [6.45, 7) is 5.70. The van der Waals surface area contributed by atoms with E-state index in [1.54, 1.807) is 0 Å². The number of hydrogen-bond acceptors (Lipinski definition) is 2. The molecule has 1 unspecified atom stereocenters. The van der Waals surface area contributed by atoms with Crippen molar-refractivity contribution in [3.05, 3.63) is 36.5 Å². The van der Waals surface area contributed by atoms with Crippen molar-refractivity contribution < 1.29 is 9.90 Å². The molecule has 0 radical (unpaired) electrons. The van der Waals surface area contributed by atoms with E-state index in [4.69, 9.17) is 0 Å². The minimum absolute atomic E-state index is 0.463. The standard InChI is InChI=1S/C10H20O2.C8H7N/c1-9(6-8-11)5-4-7-10(2,3)12;1-2-4-8-7(3-1)5-6-9-8/h8-9,12H,4-7H2,1-3H3;1-6,9H. The van der Waals surface area contributed by atoms with E-state index >= 15 is 0 Å². The lowest BCUT2D eigenvalue weighted by Gasteiger charge is -2.17. The van der Waals surface area contributed by atoms with Gasteiger partial charge in [0.25, 0.3) is 0 Å². The summed E-state index contributed by atoms with van der Waals surface area (Å²) >= 11 is 0. The van der Waals surface area contributed by atoms with Gasteiger partial charge < -0.3 is 14.9 Å². The van der Waals surface area contributed by atoms with Crippen LogP contribution in [0.2, 0.25) is 0 Å². The van der Waals surface area contributed by atoms with Crippen molar-refractivity contribution in [1.82, 2.24) is 4.98 Å². The van der Waals surface area contributed by atoms with Crippen molar-refractivity contribution in [2.45, 2.75) is 52.1 Å². The molecule has 0 saturated carbocycles. The molecule has 0 aliphatic heterocycles. The molecule has 0 aliphatic rings. The van der Waals surface area contributed by atoms with E-state index in [-0.39, 0.29) is 0 Å². The van der Waals surface area contributed by atoms with E-state index in [1.807, 2.05) is 32.2 Å². The number of benzene rings is 1. The topological polar surface area (TPSA) is 53.1 Å². The second kappa shape index (κ2) is 8.63. The number of para-hydroxylation sites is 1. The zero-order chi connectivity index (χ0) is 15.7. The van der Waals surface area contributed by atoms with Crippen LogP contribution in [0.3, 0.4) is 0 Å². The number of H-pyrrole nitrogens is 1. The highest BCUT2D eigenvalue weighted by Crippen LogP contribution is 2.16. The second-order valence-corrected chi connectivity index (χ2v) is 6.28. The molecule has 3 heteroatoms. The molecule has 21 heavy (non-hydrogen) atoms. The van der Waals surface area contributed by atoms with Crippen molar-refractivity contribution in [2.24, 2.45) is 5.92 Å². The van der Waals surface area contributed by atoms with Gasteiger partial charge in [0.15, 0.2) is 0 Å². The third-order valence-corrected chi connectivity index (χ3v) is 3.45. The molecule has 0 fully saturated rings. The summed E-state index contributed by atoms with van der Waals surface area (Å²) in [4.78, 5) is 13.2. The molecule has 2 N–H and O–H groups in total. The molecular weight excluding hydrogens is 262 g/mol. The number of aldehydes is 1. The van der Waals surface area contributed by atoms with Gasteiger partial charge >= 0.3 is 0 Å². The third kappa shape index (κ3) is 7.66. The van der Waals surface area contributed by atoms with E-state index in [2.05, 4.69) is 30.1 Å². The molecule has 116 valence electrons. The van der Waals surface area contributed by atoms with E-state index in [1.165, 1.54) is 10.9 Å². The van der Waals surface area contributed by atoms with Gasteiger partial charge in [-0.3, -0.25) is 0 Å². The highest BCUT2D eigenvalue weighted by molar-refractivity contribution is 5.78. The number of aliphatic hydroxyl groups is 1. The van der Waals surface area contributed by atoms with Crippen LogP contribution < -0.4 is 0 Å². The molecular formula is C18H27NO2. The van der Waals surface area contributed by atoms with Gasteiger partial charge in [-0.25, -0.2) is 0 Å². The zero-order valence-corrected chi connectivity index (χ0v) is 13.3. The van der Waals surface area contributed by atoms with Crippen LogP contribution in [0.15, 0.2) is 36.5 Å². The molecule has 0 bridgehead atoms. The second-order valence-electron chi connectivity index (χ2n) is 6.28. The van der Waals surface area contributed by atoms with Gasteiger partial charge in [0.1, 0.15) is 6.29 Å². The molecule has 0 spiro atoms. The first-order valence-corrected chi connectivity index (χ1v) is 7.60. The molecule has 1 atom stereocenters. The van der Waals surface area contributed by atoms with Crippen LogP contribution in [-0.2, 0) is 4.79 Å². The van der Waals surface area contributed by atoms with Crippen LogP contribution in [0.25, 0.3) is 10.9 Å². The Labute approximate surface area is 127 Å². The van der Waals surface area contributed by atoms with E-state index in [9.17, 15) is 9.90 Å². The fourth-order valence-electron chi connectivity index (χ4n) is 2.16. The van der Waals surface area contributed by atoms with Crippen LogP contribution >= 0.6 is 0 Å². The van der Waals surface area contributed by atoms with Crippen molar-refractivity contribution in [3.63, 3.8) is 0 Å². The van der Waals surface area contributed by atoms with Gasteiger partial charge in [0.2, 0.25) is 0 Å². The largest absolute Gasteiger partial charge is 0.390 e. The van der Waals surface area contributed by atoms with Crippen LogP contribution in [0, 0.1) is 5.92 Å². The Bertz CT molecular complexity index is 495. The Morgan fingerprint density at radius 1 is 1.29 bits per heavy atom. The predicted octanol–water partition coefficient (Wildman–Crippen LogP) is 4.32. The average Bonchev–Trinajstić information content (AvgIpc) is 2.86. The number of aromatic amines is 1. The average molecular weight is 289 g/mol. The normalized spacial score (nSPS) is 12.6. The van der Waals surface area contributed by atoms with Gasteiger partial charge in [-0.2, -0.15) is 0 Å². The lowest BCUT2D eigenvalue weighted by molar-refractivity contribution is -0.108. The van der Waals surface area contributed by atoms with Crippen molar-refractivity contribution >= 4 is 17.2 Å². The number of rotatable bonds is 6. The summed E-state index contributed by atoms with van der Waals surface area (Å²) in [7, 11) is 0. The highest BCUT2D eigenvalue weighted by atomic mass is 16.3. The first-order valence-electron chi connectivity index (χ1n) is 7.60. The number of hydrogen-bond donors (Lipinski definition) is 2. The van der Waals surface area contributed by atoms with Crippen LogP contribution in [0.1, 0.15) is 46.5 Å². The minimum atomic E-state index is -0.555. The fraction of sp³-hybridized carbons (Fsp3) is 0.500. The Kier molecular flexibility index (Phi) is 7.17. The van der Waals surface area contributed by atoms with E-state index in [0.29, 0.717) is 12.3 Å². The number of aromatic nitrogens is 1. The van der Waals surface area contributed by atoms with Gasteiger partial charge in [0, 0.05) is 18.1 Å². The molecule has 1 aromatic heterocycles. The quantitative estimate of drug-likeness (QED) is 0.778. The van der Waals surface area contributed by atoms with Gasteiger partial charge in [-0.15, -0.1) is 0 Å². The smallest absolute Gasteiger partial charge is 0.120 e. The lowest BCUT2D eigenvalue weighted by atomic mass is 9.96. The molecule has 2 aromatic rings. The van der Waals surface area contributed by atoms with E-state index < -0.39 is 5.60 Å². The number of nitrogens with one attached hydrogen (secondary N) is 1. The summed E-state index contributed by atoms with van der Waals surface area (Å²) in [5.41, 5.74) is 0.651. The Balaban J connectivity index is 0.000000216. The highest BCUT2D eigenvalue weighted by Gasteiger charge is 2.12. The Hall–Kier alpha value is -1.61. The lowest BCUT2D eigenvalue weighted by Crippen LogP contribution is -2.18. The van der Waals surface area contributed by atoms with Crippen LogP contribution in [0.4, 0.5) is 0 Å². The molecule has 1 aromatic carbocycles. The fourth-order valence-corrected chi connectivity index (χ4v) is 2.16. The Morgan fingerprint density at radius 2 is 2.00 bits per heavy atom. The maximum Gasteiger partial charge on any atom is 0.120 e. The number of carbonyl (C=O) groups excluding carboxylic acids is 1. The maximum atomic E-state index is 10.1. The summed E-state index contributed by atoms with van der Waals surface area (Å²) in [6.07, 6.45) is 6.41.